The van der Waals surface area contributed by atoms with Crippen LogP contribution in [0.3, 0.4) is 0 Å². The fraction of sp³-hybridized carbons (Fsp3) is 0.273. The number of methoxy groups -OCH3 is 3. The van der Waals surface area contributed by atoms with Gasteiger partial charge in [-0.15, -0.1) is 0 Å². The lowest BCUT2D eigenvalue weighted by Crippen LogP contribution is -2.14. The second kappa shape index (κ2) is 9.40. The molecule has 0 saturated carbocycles. The van der Waals surface area contributed by atoms with Crippen molar-refractivity contribution in [1.82, 2.24) is 0 Å². The maximum Gasteiger partial charge on any atom is 0.341 e. The van der Waals surface area contributed by atoms with Crippen LogP contribution in [0.25, 0.3) is 22.3 Å². The Bertz CT molecular complexity index is 1160. The van der Waals surface area contributed by atoms with Crippen LogP contribution in [-0.4, -0.2) is 50.7 Å². The van der Waals surface area contributed by atoms with E-state index in [1.54, 1.807) is 18.2 Å². The molecule has 1 heterocycles. The van der Waals surface area contributed by atoms with Crippen LogP contribution in [0.4, 0.5) is 0 Å². The lowest BCUT2D eigenvalue weighted by atomic mass is 10.0. The van der Waals surface area contributed by atoms with Gasteiger partial charge in [0, 0.05) is 36.3 Å². The van der Waals surface area contributed by atoms with Gasteiger partial charge in [0.15, 0.2) is 23.5 Å². The van der Waals surface area contributed by atoms with Gasteiger partial charge in [-0.2, -0.15) is 0 Å². The average molecular weight is 430 g/mol. The van der Waals surface area contributed by atoms with Crippen LogP contribution in [0.1, 0.15) is 5.56 Å². The van der Waals surface area contributed by atoms with E-state index in [-0.39, 0.29) is 52.2 Å². The zero-order valence-corrected chi connectivity index (χ0v) is 17.3. The van der Waals surface area contributed by atoms with Crippen molar-refractivity contribution in [1.29, 1.82) is 0 Å². The molecule has 0 amide bonds. The lowest BCUT2D eigenvalue weighted by molar-refractivity contribution is -0.139. The molecule has 0 aliphatic heterocycles. The number of carboxylic acids is 1. The summed E-state index contributed by atoms with van der Waals surface area (Å²) in [5.74, 6) is 0.375. The molecule has 0 radical (unpaired) electrons. The van der Waals surface area contributed by atoms with E-state index in [1.165, 1.54) is 33.5 Å². The van der Waals surface area contributed by atoms with Gasteiger partial charge in [0.05, 0.1) is 21.3 Å². The van der Waals surface area contributed by atoms with Crippen molar-refractivity contribution < 1.29 is 38.4 Å². The molecule has 1 aromatic heterocycles. The molecule has 3 aromatic rings. The monoisotopic (exact) mass is 430 g/mol. The molecular formula is C22H22O9. The number of benzene rings is 2. The molecule has 31 heavy (non-hydrogen) atoms. The molecular weight excluding hydrogens is 408 g/mol. The molecule has 0 fully saturated rings. The molecule has 2 N–H and O–H groups in total. The summed E-state index contributed by atoms with van der Waals surface area (Å²) < 4.78 is 27.2. The molecule has 0 atom stereocenters. The minimum atomic E-state index is -1.15. The van der Waals surface area contributed by atoms with E-state index in [2.05, 4.69) is 0 Å². The van der Waals surface area contributed by atoms with Crippen molar-refractivity contribution in [3.63, 3.8) is 0 Å². The first-order valence-corrected chi connectivity index (χ1v) is 9.29. The van der Waals surface area contributed by atoms with E-state index >= 15 is 0 Å². The third-order valence-corrected chi connectivity index (χ3v) is 4.62. The number of carbonyl (C=O) groups is 1. The van der Waals surface area contributed by atoms with Gasteiger partial charge < -0.3 is 33.6 Å². The highest BCUT2D eigenvalue weighted by molar-refractivity contribution is 5.88. The van der Waals surface area contributed by atoms with Gasteiger partial charge in [-0.1, -0.05) is 0 Å². The van der Waals surface area contributed by atoms with Crippen LogP contribution < -0.4 is 24.4 Å². The minimum Gasteiger partial charge on any atom is -0.496 e. The van der Waals surface area contributed by atoms with E-state index in [9.17, 15) is 14.7 Å². The summed E-state index contributed by atoms with van der Waals surface area (Å²) in [4.78, 5) is 24.1. The van der Waals surface area contributed by atoms with Crippen LogP contribution >= 0.6 is 0 Å². The largest absolute Gasteiger partial charge is 0.496 e. The Morgan fingerprint density at radius 2 is 1.71 bits per heavy atom. The standard InChI is InChI=1S/C22H22O9/c1-27-15-5-4-12(8-16(15)28-2)22-14(6-7-23)21(26)20-17(29-3)9-13(10-18(20)31-22)30-11-19(24)25/h4-5,8-10,23H,6-7,11H2,1-3H3,(H,24,25). The van der Waals surface area contributed by atoms with Gasteiger partial charge in [-0.25, -0.2) is 4.79 Å². The van der Waals surface area contributed by atoms with Crippen molar-refractivity contribution in [3.8, 4) is 34.3 Å². The van der Waals surface area contributed by atoms with Crippen LogP contribution in [0.5, 0.6) is 23.0 Å². The van der Waals surface area contributed by atoms with Gasteiger partial charge in [0.2, 0.25) is 0 Å². The van der Waals surface area contributed by atoms with E-state index in [0.29, 0.717) is 17.1 Å². The van der Waals surface area contributed by atoms with Gasteiger partial charge in [0.25, 0.3) is 0 Å². The van der Waals surface area contributed by atoms with Crippen molar-refractivity contribution in [3.05, 3.63) is 46.1 Å². The Labute approximate surface area is 177 Å². The molecule has 0 aliphatic carbocycles. The van der Waals surface area contributed by atoms with Crippen molar-refractivity contribution >= 4 is 16.9 Å². The number of aliphatic hydroxyl groups excluding tert-OH is 1. The molecule has 0 spiro atoms. The van der Waals surface area contributed by atoms with Crippen LogP contribution in [0.2, 0.25) is 0 Å². The quantitative estimate of drug-likeness (QED) is 0.527. The van der Waals surface area contributed by atoms with Gasteiger partial charge >= 0.3 is 5.97 Å². The zero-order valence-electron chi connectivity index (χ0n) is 17.3. The number of hydrogen-bond donors (Lipinski definition) is 2. The number of rotatable bonds is 9. The molecule has 0 bridgehead atoms. The Balaban J connectivity index is 2.28. The predicted molar refractivity (Wildman–Crippen MR) is 111 cm³/mol. The van der Waals surface area contributed by atoms with E-state index < -0.39 is 12.6 Å². The summed E-state index contributed by atoms with van der Waals surface area (Å²) in [7, 11) is 4.38. The summed E-state index contributed by atoms with van der Waals surface area (Å²) >= 11 is 0. The molecule has 3 rings (SSSR count). The van der Waals surface area contributed by atoms with Crippen LogP contribution in [-0.2, 0) is 11.2 Å². The SMILES string of the molecule is COc1ccc(-c2oc3cc(OCC(=O)O)cc(OC)c3c(=O)c2CCO)cc1OC. The number of aliphatic carboxylic acids is 1. The third kappa shape index (κ3) is 4.41. The number of aliphatic hydroxyl groups is 1. The third-order valence-electron chi connectivity index (χ3n) is 4.62. The first-order valence-electron chi connectivity index (χ1n) is 9.29. The summed E-state index contributed by atoms with van der Waals surface area (Å²) in [5, 5.41) is 18.6. The molecule has 9 heteroatoms. The maximum absolute atomic E-state index is 13.3. The topological polar surface area (TPSA) is 125 Å². The molecule has 0 saturated heterocycles. The van der Waals surface area contributed by atoms with Gasteiger partial charge in [0.1, 0.15) is 28.2 Å². The van der Waals surface area contributed by atoms with Gasteiger partial charge in [-0.3, -0.25) is 4.79 Å². The van der Waals surface area contributed by atoms with Crippen molar-refractivity contribution in [2.24, 2.45) is 0 Å². The lowest BCUT2D eigenvalue weighted by Gasteiger charge is -2.14. The first kappa shape index (κ1) is 22.0. The molecule has 0 aliphatic rings. The Morgan fingerprint density at radius 1 is 1.00 bits per heavy atom. The number of hydrogen-bond acceptors (Lipinski definition) is 8. The molecule has 2 aromatic carbocycles. The molecule has 9 nitrogen and oxygen atoms in total. The summed E-state index contributed by atoms with van der Waals surface area (Å²) in [5.41, 5.74) is 0.577. The summed E-state index contributed by atoms with van der Waals surface area (Å²) in [6, 6.07) is 7.88. The predicted octanol–water partition coefficient (Wildman–Crippen LogP) is 2.48. The summed E-state index contributed by atoms with van der Waals surface area (Å²) in [6.07, 6.45) is 0.0579. The molecule has 164 valence electrons. The highest BCUT2D eigenvalue weighted by Gasteiger charge is 2.21. The second-order valence-electron chi connectivity index (χ2n) is 6.46. The Hall–Kier alpha value is -3.72. The maximum atomic E-state index is 13.3. The van der Waals surface area contributed by atoms with E-state index in [0.717, 1.165) is 0 Å². The molecule has 0 unspecified atom stereocenters. The summed E-state index contributed by atoms with van der Waals surface area (Å²) in [6.45, 7) is -0.831. The van der Waals surface area contributed by atoms with Crippen LogP contribution in [0, 0.1) is 0 Å². The van der Waals surface area contributed by atoms with Gasteiger partial charge in [-0.05, 0) is 18.2 Å². The van der Waals surface area contributed by atoms with Crippen molar-refractivity contribution in [2.75, 3.05) is 34.5 Å². The first-order chi connectivity index (χ1) is 14.9. The van der Waals surface area contributed by atoms with Crippen LogP contribution in [0.15, 0.2) is 39.5 Å². The number of carboxylic acid groups (broad SMARTS) is 1. The second-order valence-corrected chi connectivity index (χ2v) is 6.46. The highest BCUT2D eigenvalue weighted by Crippen LogP contribution is 2.37. The Morgan fingerprint density at radius 3 is 2.32 bits per heavy atom. The van der Waals surface area contributed by atoms with E-state index in [4.69, 9.17) is 28.5 Å². The van der Waals surface area contributed by atoms with Crippen molar-refractivity contribution in [2.45, 2.75) is 6.42 Å². The number of fused-ring (bicyclic) bond motifs is 1. The fourth-order valence-corrected chi connectivity index (χ4v) is 3.23. The minimum absolute atomic E-state index is 0.0579. The van der Waals surface area contributed by atoms with E-state index in [1.807, 2.05) is 0 Å². The zero-order chi connectivity index (χ0) is 22.5. The fourth-order valence-electron chi connectivity index (χ4n) is 3.23. The highest BCUT2D eigenvalue weighted by atomic mass is 16.5. The smallest absolute Gasteiger partial charge is 0.341 e. The average Bonchev–Trinajstić information content (AvgIpc) is 2.78. The Kier molecular flexibility index (Phi) is 6.66. The number of ether oxygens (including phenoxy) is 4. The normalized spacial score (nSPS) is 10.7.